The molecule has 1 heterocycles. The van der Waals surface area contributed by atoms with Crippen LogP contribution in [-0.2, 0) is 11.3 Å². The molecule has 0 bridgehead atoms. The number of hydrogen-bond donors (Lipinski definition) is 2. The molecule has 0 saturated heterocycles. The van der Waals surface area contributed by atoms with E-state index < -0.39 is 12.0 Å². The van der Waals surface area contributed by atoms with Crippen LogP contribution in [0.3, 0.4) is 0 Å². The van der Waals surface area contributed by atoms with Crippen LogP contribution in [0.4, 0.5) is 0 Å². The summed E-state index contributed by atoms with van der Waals surface area (Å²) in [6, 6.07) is 9.11. The summed E-state index contributed by atoms with van der Waals surface area (Å²) in [5.74, 6) is -0.0453. The van der Waals surface area contributed by atoms with E-state index in [1.54, 1.807) is 0 Å². The predicted molar refractivity (Wildman–Crippen MR) is 69.3 cm³/mol. The van der Waals surface area contributed by atoms with Gasteiger partial charge in [0, 0.05) is 5.39 Å². The van der Waals surface area contributed by atoms with Crippen molar-refractivity contribution in [1.82, 2.24) is 5.32 Å². The zero-order valence-corrected chi connectivity index (χ0v) is 10.5. The molecule has 2 aromatic rings. The summed E-state index contributed by atoms with van der Waals surface area (Å²) >= 11 is 0. The lowest BCUT2D eigenvalue weighted by Gasteiger charge is -2.16. The molecule has 1 aromatic heterocycles. The minimum atomic E-state index is -0.832. The fourth-order valence-corrected chi connectivity index (χ4v) is 1.94. The van der Waals surface area contributed by atoms with Gasteiger partial charge in [-0.2, -0.15) is 0 Å². The third-order valence-corrected chi connectivity index (χ3v) is 2.91. The number of rotatable bonds is 5. The minimum Gasteiger partial charge on any atom is -0.480 e. The van der Waals surface area contributed by atoms with E-state index in [1.165, 1.54) is 0 Å². The highest BCUT2D eigenvalue weighted by Crippen LogP contribution is 2.18. The SMILES string of the molecule is CC(C)C(NCc1cc2ccccc2o1)C(=O)O. The maximum atomic E-state index is 11.0. The lowest BCUT2D eigenvalue weighted by Crippen LogP contribution is -2.40. The van der Waals surface area contributed by atoms with Crippen molar-refractivity contribution < 1.29 is 14.3 Å². The number of para-hydroxylation sites is 1. The Hall–Kier alpha value is -1.81. The zero-order chi connectivity index (χ0) is 13.1. The summed E-state index contributed by atoms with van der Waals surface area (Å²) in [6.07, 6.45) is 0. The van der Waals surface area contributed by atoms with E-state index in [0.29, 0.717) is 6.54 Å². The monoisotopic (exact) mass is 247 g/mol. The molecule has 4 heteroatoms. The van der Waals surface area contributed by atoms with E-state index >= 15 is 0 Å². The number of fused-ring (bicyclic) bond motifs is 1. The average Bonchev–Trinajstić information content (AvgIpc) is 2.70. The molecule has 18 heavy (non-hydrogen) atoms. The Balaban J connectivity index is 2.07. The van der Waals surface area contributed by atoms with E-state index in [9.17, 15) is 4.79 Å². The fraction of sp³-hybridized carbons (Fsp3) is 0.357. The van der Waals surface area contributed by atoms with Gasteiger partial charge in [-0.3, -0.25) is 10.1 Å². The third kappa shape index (κ3) is 2.71. The smallest absolute Gasteiger partial charge is 0.320 e. The van der Waals surface area contributed by atoms with E-state index in [0.717, 1.165) is 16.7 Å². The van der Waals surface area contributed by atoms with Crippen molar-refractivity contribution in [1.29, 1.82) is 0 Å². The Morgan fingerprint density at radius 1 is 1.39 bits per heavy atom. The van der Waals surface area contributed by atoms with Gasteiger partial charge in [0.1, 0.15) is 17.4 Å². The van der Waals surface area contributed by atoms with Gasteiger partial charge < -0.3 is 9.52 Å². The Bertz CT molecular complexity index is 512. The predicted octanol–water partition coefficient (Wildman–Crippen LogP) is 2.63. The number of hydrogen-bond acceptors (Lipinski definition) is 3. The van der Waals surface area contributed by atoms with Gasteiger partial charge >= 0.3 is 5.97 Å². The molecule has 0 fully saturated rings. The summed E-state index contributed by atoms with van der Waals surface area (Å²) in [4.78, 5) is 11.0. The topological polar surface area (TPSA) is 62.5 Å². The Labute approximate surface area is 106 Å². The van der Waals surface area contributed by atoms with E-state index in [-0.39, 0.29) is 5.92 Å². The highest BCUT2D eigenvalue weighted by molar-refractivity contribution is 5.77. The number of aliphatic carboxylic acids is 1. The highest BCUT2D eigenvalue weighted by Gasteiger charge is 2.20. The molecule has 0 aliphatic rings. The second kappa shape index (κ2) is 5.23. The summed E-state index contributed by atoms with van der Waals surface area (Å²) in [5, 5.41) is 13.1. The molecule has 0 aliphatic heterocycles. The zero-order valence-electron chi connectivity index (χ0n) is 10.5. The van der Waals surface area contributed by atoms with Crippen molar-refractivity contribution in [2.45, 2.75) is 26.4 Å². The van der Waals surface area contributed by atoms with Crippen molar-refractivity contribution >= 4 is 16.9 Å². The van der Waals surface area contributed by atoms with Crippen LogP contribution in [0.15, 0.2) is 34.7 Å². The number of carboxylic acids is 1. The van der Waals surface area contributed by atoms with Gasteiger partial charge in [-0.1, -0.05) is 32.0 Å². The summed E-state index contributed by atoms with van der Waals surface area (Å²) < 4.78 is 5.62. The number of carbonyl (C=O) groups is 1. The van der Waals surface area contributed by atoms with Gasteiger partial charge in [-0.05, 0) is 18.1 Å². The fourth-order valence-electron chi connectivity index (χ4n) is 1.94. The van der Waals surface area contributed by atoms with Crippen LogP contribution in [-0.4, -0.2) is 17.1 Å². The Morgan fingerprint density at radius 3 is 2.72 bits per heavy atom. The van der Waals surface area contributed by atoms with Crippen molar-refractivity contribution in [3.05, 3.63) is 36.1 Å². The van der Waals surface area contributed by atoms with E-state index in [2.05, 4.69) is 5.32 Å². The molecule has 4 nitrogen and oxygen atoms in total. The van der Waals surface area contributed by atoms with Gasteiger partial charge in [0.2, 0.25) is 0 Å². The largest absolute Gasteiger partial charge is 0.480 e. The number of furan rings is 1. The van der Waals surface area contributed by atoms with Gasteiger partial charge in [-0.15, -0.1) is 0 Å². The van der Waals surface area contributed by atoms with Gasteiger partial charge in [-0.25, -0.2) is 0 Å². The lowest BCUT2D eigenvalue weighted by molar-refractivity contribution is -0.140. The van der Waals surface area contributed by atoms with Gasteiger partial charge in [0.25, 0.3) is 0 Å². The Morgan fingerprint density at radius 2 is 2.11 bits per heavy atom. The maximum Gasteiger partial charge on any atom is 0.320 e. The molecule has 0 amide bonds. The van der Waals surface area contributed by atoms with Crippen molar-refractivity contribution in [3.8, 4) is 0 Å². The van der Waals surface area contributed by atoms with Crippen LogP contribution in [0.2, 0.25) is 0 Å². The highest BCUT2D eigenvalue weighted by atomic mass is 16.4. The molecular formula is C14H17NO3. The first kappa shape index (κ1) is 12.6. The van der Waals surface area contributed by atoms with Crippen LogP contribution < -0.4 is 5.32 Å². The molecule has 1 unspecified atom stereocenters. The van der Waals surface area contributed by atoms with Crippen molar-refractivity contribution in [2.75, 3.05) is 0 Å². The van der Waals surface area contributed by atoms with Crippen LogP contribution in [0.1, 0.15) is 19.6 Å². The average molecular weight is 247 g/mol. The first-order valence-electron chi connectivity index (χ1n) is 6.01. The summed E-state index contributed by atoms with van der Waals surface area (Å²) in [5.41, 5.74) is 0.825. The number of nitrogens with one attached hydrogen (secondary N) is 1. The van der Waals surface area contributed by atoms with Crippen LogP contribution >= 0.6 is 0 Å². The molecule has 2 N–H and O–H groups in total. The normalized spacial score (nSPS) is 13.1. The van der Waals surface area contributed by atoms with Crippen molar-refractivity contribution in [2.24, 2.45) is 5.92 Å². The Kier molecular flexibility index (Phi) is 3.67. The first-order chi connectivity index (χ1) is 8.58. The molecule has 1 atom stereocenters. The lowest BCUT2D eigenvalue weighted by atomic mass is 10.0. The summed E-state index contributed by atoms with van der Waals surface area (Å²) in [7, 11) is 0. The molecule has 96 valence electrons. The van der Waals surface area contributed by atoms with E-state index in [4.69, 9.17) is 9.52 Å². The molecule has 0 saturated carbocycles. The van der Waals surface area contributed by atoms with Crippen LogP contribution in [0, 0.1) is 5.92 Å². The summed E-state index contributed by atoms with van der Waals surface area (Å²) in [6.45, 7) is 4.18. The number of benzene rings is 1. The van der Waals surface area contributed by atoms with Crippen molar-refractivity contribution in [3.63, 3.8) is 0 Å². The molecular weight excluding hydrogens is 230 g/mol. The molecule has 0 radical (unpaired) electrons. The first-order valence-corrected chi connectivity index (χ1v) is 6.01. The second-order valence-electron chi connectivity index (χ2n) is 4.69. The molecule has 2 rings (SSSR count). The van der Waals surface area contributed by atoms with Crippen LogP contribution in [0.5, 0.6) is 0 Å². The molecule has 0 spiro atoms. The van der Waals surface area contributed by atoms with E-state index in [1.807, 2.05) is 44.2 Å². The third-order valence-electron chi connectivity index (χ3n) is 2.91. The van der Waals surface area contributed by atoms with Crippen LogP contribution in [0.25, 0.3) is 11.0 Å². The number of carboxylic acid groups (broad SMARTS) is 1. The standard InChI is InChI=1S/C14H17NO3/c1-9(2)13(14(16)17)15-8-11-7-10-5-3-4-6-12(10)18-11/h3-7,9,13,15H,8H2,1-2H3,(H,16,17). The maximum absolute atomic E-state index is 11.0. The van der Waals surface area contributed by atoms with Gasteiger partial charge in [0.15, 0.2) is 0 Å². The second-order valence-corrected chi connectivity index (χ2v) is 4.69. The molecule has 1 aromatic carbocycles. The minimum absolute atomic E-state index is 0.0341. The molecule has 0 aliphatic carbocycles. The quantitative estimate of drug-likeness (QED) is 0.852. The van der Waals surface area contributed by atoms with Gasteiger partial charge in [0.05, 0.1) is 6.54 Å².